The third kappa shape index (κ3) is 2.94. The van der Waals surface area contributed by atoms with Crippen LogP contribution in [0, 0.1) is 0 Å². The maximum absolute atomic E-state index is 12.5. The van der Waals surface area contributed by atoms with Crippen LogP contribution in [0.15, 0.2) is 30.5 Å². The van der Waals surface area contributed by atoms with Crippen LogP contribution in [0.3, 0.4) is 0 Å². The van der Waals surface area contributed by atoms with Gasteiger partial charge in [-0.1, -0.05) is 18.2 Å². The van der Waals surface area contributed by atoms with Gasteiger partial charge in [-0.2, -0.15) is 0 Å². The summed E-state index contributed by atoms with van der Waals surface area (Å²) >= 11 is 0. The van der Waals surface area contributed by atoms with Gasteiger partial charge >= 0.3 is 0 Å². The number of ether oxygens (including phenoxy) is 1. The van der Waals surface area contributed by atoms with Crippen LogP contribution in [-0.4, -0.2) is 41.2 Å². The quantitative estimate of drug-likeness (QED) is 0.859. The molecule has 0 spiro atoms. The summed E-state index contributed by atoms with van der Waals surface area (Å²) in [7, 11) is 0. The van der Waals surface area contributed by atoms with Gasteiger partial charge in [-0.05, 0) is 18.1 Å². The fraction of sp³-hybridized carbons (Fsp3) is 0.412. The van der Waals surface area contributed by atoms with Gasteiger partial charge in [0.1, 0.15) is 23.9 Å². The Bertz CT molecular complexity index is 702. The minimum absolute atomic E-state index is 0.0134. The van der Waals surface area contributed by atoms with Crippen molar-refractivity contribution in [3.05, 3.63) is 47.5 Å². The molecule has 0 aliphatic carbocycles. The molecule has 23 heavy (non-hydrogen) atoms. The highest BCUT2D eigenvalue weighted by Gasteiger charge is 2.23. The summed E-state index contributed by atoms with van der Waals surface area (Å²) in [6, 6.07) is 7.95. The molecular weight excluding hydrogens is 292 g/mol. The zero-order valence-corrected chi connectivity index (χ0v) is 12.9. The van der Waals surface area contributed by atoms with Crippen LogP contribution in [-0.2, 0) is 19.4 Å². The lowest BCUT2D eigenvalue weighted by atomic mass is 10.0. The summed E-state index contributed by atoms with van der Waals surface area (Å²) in [4.78, 5) is 17.0. The molecule has 2 aliphatic rings. The molecular formula is C17H20N4O2. The topological polar surface area (TPSA) is 68.2 Å². The second kappa shape index (κ2) is 6.04. The fourth-order valence-corrected chi connectivity index (χ4v) is 3.16. The Labute approximate surface area is 134 Å². The van der Waals surface area contributed by atoms with Crippen LogP contribution in [0.2, 0.25) is 0 Å². The van der Waals surface area contributed by atoms with Gasteiger partial charge in [-0.25, -0.2) is 4.98 Å². The number of hydrogen-bond acceptors (Lipinski definition) is 4. The lowest BCUT2D eigenvalue weighted by Crippen LogP contribution is -2.42. The maximum atomic E-state index is 12.5. The molecule has 6 heteroatoms. The predicted molar refractivity (Wildman–Crippen MR) is 85.7 cm³/mol. The third-order valence-electron chi connectivity index (χ3n) is 4.36. The Kier molecular flexibility index (Phi) is 3.75. The third-order valence-corrected chi connectivity index (χ3v) is 4.36. The normalized spacial score (nSPS) is 19.9. The van der Waals surface area contributed by atoms with E-state index in [0.717, 1.165) is 49.6 Å². The van der Waals surface area contributed by atoms with Crippen molar-refractivity contribution >= 4 is 5.91 Å². The Morgan fingerprint density at radius 2 is 2.26 bits per heavy atom. The van der Waals surface area contributed by atoms with E-state index in [1.54, 1.807) is 0 Å². The molecule has 1 unspecified atom stereocenters. The van der Waals surface area contributed by atoms with Crippen LogP contribution in [0.1, 0.15) is 21.9 Å². The van der Waals surface area contributed by atoms with Gasteiger partial charge < -0.3 is 19.9 Å². The van der Waals surface area contributed by atoms with Gasteiger partial charge in [0.25, 0.3) is 5.91 Å². The highest BCUT2D eigenvalue weighted by molar-refractivity contribution is 5.92. The number of amides is 1. The average molecular weight is 312 g/mol. The number of fused-ring (bicyclic) bond motifs is 2. The van der Waals surface area contributed by atoms with E-state index >= 15 is 0 Å². The van der Waals surface area contributed by atoms with E-state index in [1.165, 1.54) is 0 Å². The van der Waals surface area contributed by atoms with Crippen molar-refractivity contribution < 1.29 is 9.53 Å². The molecule has 120 valence electrons. The van der Waals surface area contributed by atoms with Crippen molar-refractivity contribution in [1.29, 1.82) is 0 Å². The number of nitrogens with one attached hydrogen (secondary N) is 2. The SMILES string of the molecule is O=C(NC1COc2ccccc2C1)c1cn2c(n1)CCNCC2. The molecule has 2 N–H and O–H groups in total. The number of para-hydroxylation sites is 1. The first-order valence-corrected chi connectivity index (χ1v) is 8.08. The van der Waals surface area contributed by atoms with Crippen LogP contribution < -0.4 is 15.4 Å². The molecule has 0 bridgehead atoms. The van der Waals surface area contributed by atoms with Crippen molar-refractivity contribution in [1.82, 2.24) is 20.2 Å². The van der Waals surface area contributed by atoms with Gasteiger partial charge in [-0.15, -0.1) is 0 Å². The highest BCUT2D eigenvalue weighted by Crippen LogP contribution is 2.24. The summed E-state index contributed by atoms with van der Waals surface area (Å²) in [6.07, 6.45) is 3.50. The van der Waals surface area contributed by atoms with E-state index in [0.29, 0.717) is 12.3 Å². The van der Waals surface area contributed by atoms with Gasteiger partial charge in [0.15, 0.2) is 0 Å². The molecule has 0 fully saturated rings. The number of carbonyl (C=O) groups excluding carboxylic acids is 1. The first-order chi connectivity index (χ1) is 11.3. The summed E-state index contributed by atoms with van der Waals surface area (Å²) in [5, 5.41) is 6.37. The Morgan fingerprint density at radius 3 is 3.22 bits per heavy atom. The molecule has 1 aromatic carbocycles. The molecule has 6 nitrogen and oxygen atoms in total. The summed E-state index contributed by atoms with van der Waals surface area (Å²) in [6.45, 7) is 3.18. The summed E-state index contributed by atoms with van der Waals surface area (Å²) < 4.78 is 7.79. The number of nitrogens with zero attached hydrogens (tertiary/aromatic N) is 2. The number of aromatic nitrogens is 2. The second-order valence-electron chi connectivity index (χ2n) is 6.03. The van der Waals surface area contributed by atoms with Gasteiger partial charge in [-0.3, -0.25) is 4.79 Å². The number of imidazole rings is 1. The zero-order chi connectivity index (χ0) is 15.6. The number of carbonyl (C=O) groups is 1. The maximum Gasteiger partial charge on any atom is 0.271 e. The molecule has 0 radical (unpaired) electrons. The summed E-state index contributed by atoms with van der Waals surface area (Å²) in [5.41, 5.74) is 1.64. The van der Waals surface area contributed by atoms with E-state index in [-0.39, 0.29) is 11.9 Å². The lowest BCUT2D eigenvalue weighted by molar-refractivity contribution is 0.0910. The number of benzene rings is 1. The van der Waals surface area contributed by atoms with Crippen LogP contribution >= 0.6 is 0 Å². The van der Waals surface area contributed by atoms with Crippen molar-refractivity contribution in [2.45, 2.75) is 25.4 Å². The van der Waals surface area contributed by atoms with Gasteiger partial charge in [0.2, 0.25) is 0 Å². The van der Waals surface area contributed by atoms with Crippen molar-refractivity contribution in [2.75, 3.05) is 19.7 Å². The number of hydrogen-bond donors (Lipinski definition) is 2. The average Bonchev–Trinajstić information content (AvgIpc) is 2.86. The molecule has 0 saturated heterocycles. The lowest BCUT2D eigenvalue weighted by Gasteiger charge is -2.25. The Morgan fingerprint density at radius 1 is 1.35 bits per heavy atom. The molecule has 1 atom stereocenters. The fourth-order valence-electron chi connectivity index (χ4n) is 3.16. The van der Waals surface area contributed by atoms with Crippen molar-refractivity contribution in [2.24, 2.45) is 0 Å². The first kappa shape index (κ1) is 14.3. The van der Waals surface area contributed by atoms with Crippen LogP contribution in [0.5, 0.6) is 5.75 Å². The molecule has 1 amide bonds. The minimum atomic E-state index is -0.119. The smallest absolute Gasteiger partial charge is 0.271 e. The van der Waals surface area contributed by atoms with Crippen LogP contribution in [0.25, 0.3) is 0 Å². The van der Waals surface area contributed by atoms with Gasteiger partial charge in [0.05, 0.1) is 6.04 Å². The standard InChI is InChI=1S/C17H20N4O2/c22-17(14-10-21-8-7-18-6-5-16(21)20-14)19-13-9-12-3-1-2-4-15(12)23-11-13/h1-4,10,13,18H,5-9,11H2,(H,19,22). The van der Waals surface area contributed by atoms with E-state index in [4.69, 9.17) is 4.74 Å². The molecule has 0 saturated carbocycles. The van der Waals surface area contributed by atoms with E-state index < -0.39 is 0 Å². The highest BCUT2D eigenvalue weighted by atomic mass is 16.5. The van der Waals surface area contributed by atoms with E-state index in [1.807, 2.05) is 30.5 Å². The van der Waals surface area contributed by atoms with Gasteiger partial charge in [0, 0.05) is 32.3 Å². The predicted octanol–water partition coefficient (Wildman–Crippen LogP) is 0.762. The molecule has 2 aromatic rings. The molecule has 1 aromatic heterocycles. The zero-order valence-electron chi connectivity index (χ0n) is 12.9. The minimum Gasteiger partial charge on any atom is -0.491 e. The second-order valence-corrected chi connectivity index (χ2v) is 6.03. The Balaban J connectivity index is 1.44. The van der Waals surface area contributed by atoms with Crippen molar-refractivity contribution in [3.8, 4) is 5.75 Å². The number of rotatable bonds is 2. The molecule has 2 aliphatic heterocycles. The monoisotopic (exact) mass is 312 g/mol. The first-order valence-electron chi connectivity index (χ1n) is 8.08. The van der Waals surface area contributed by atoms with Crippen LogP contribution in [0.4, 0.5) is 0 Å². The van der Waals surface area contributed by atoms with E-state index in [9.17, 15) is 4.79 Å². The van der Waals surface area contributed by atoms with Crippen molar-refractivity contribution in [3.63, 3.8) is 0 Å². The largest absolute Gasteiger partial charge is 0.491 e. The summed E-state index contributed by atoms with van der Waals surface area (Å²) in [5.74, 6) is 1.77. The molecule has 4 rings (SSSR count). The van der Waals surface area contributed by atoms with E-state index in [2.05, 4.69) is 20.2 Å². The molecule has 3 heterocycles. The Hall–Kier alpha value is -2.34.